The van der Waals surface area contributed by atoms with Gasteiger partial charge in [-0.1, -0.05) is 0 Å². The fourth-order valence-electron chi connectivity index (χ4n) is 0.792. The van der Waals surface area contributed by atoms with Gasteiger partial charge in [0.05, 0.1) is 6.26 Å². The molecule has 0 unspecified atom stereocenters. The highest BCUT2D eigenvalue weighted by Gasteiger charge is 2.06. The number of aromatic nitrogens is 1. The third kappa shape index (κ3) is 1.60. The van der Waals surface area contributed by atoms with Gasteiger partial charge in [-0.05, 0) is 12.1 Å². The lowest BCUT2D eigenvalue weighted by molar-refractivity contribution is -0.155. The third-order valence-corrected chi connectivity index (χ3v) is 1.37. The summed E-state index contributed by atoms with van der Waals surface area (Å²) in [6.45, 7) is -0.00639. The zero-order valence-corrected chi connectivity index (χ0v) is 6.84. The Morgan fingerprint density at radius 3 is 2.57 bits per heavy atom. The summed E-state index contributed by atoms with van der Waals surface area (Å²) >= 11 is 0. The van der Waals surface area contributed by atoms with Crippen molar-refractivity contribution in [1.82, 2.24) is 5.08 Å². The predicted molar refractivity (Wildman–Crippen MR) is 40.5 cm³/mol. The average molecular weight is 199 g/mol. The number of furan rings is 1. The maximum Gasteiger partial charge on any atom is 0.449 e. The van der Waals surface area contributed by atoms with Crippen molar-refractivity contribution in [3.05, 3.63) is 45.0 Å². The van der Waals surface area contributed by atoms with Crippen molar-refractivity contribution in [3.63, 3.8) is 0 Å². The van der Waals surface area contributed by atoms with Crippen molar-refractivity contribution in [2.75, 3.05) is 0 Å². The van der Waals surface area contributed by atoms with Gasteiger partial charge in [-0.25, -0.2) is 9.59 Å². The predicted octanol–water partition coefficient (Wildman–Crippen LogP) is -0.384. The van der Waals surface area contributed by atoms with Gasteiger partial charge in [0, 0.05) is 0 Å². The standard InChI is InChI=1S/C7H5NO6/c9-6-7(10)14-8(13-6)12-4-5-2-1-3-11-5/h1-3H,4H2. The molecular formula is C7H5NO6. The second-order valence-corrected chi connectivity index (χ2v) is 2.33. The Morgan fingerprint density at radius 1 is 1.29 bits per heavy atom. The van der Waals surface area contributed by atoms with E-state index in [9.17, 15) is 9.59 Å². The van der Waals surface area contributed by atoms with Crippen LogP contribution in [0.2, 0.25) is 0 Å². The quantitative estimate of drug-likeness (QED) is 0.626. The minimum atomic E-state index is -1.12. The molecule has 2 aromatic rings. The molecule has 0 aromatic carbocycles. The van der Waals surface area contributed by atoms with Crippen molar-refractivity contribution >= 4 is 0 Å². The van der Waals surface area contributed by atoms with Crippen LogP contribution in [0.25, 0.3) is 0 Å². The molecule has 74 valence electrons. The molecule has 0 aliphatic heterocycles. The minimum absolute atomic E-state index is 0.00639. The molecule has 0 saturated carbocycles. The van der Waals surface area contributed by atoms with Crippen molar-refractivity contribution in [2.24, 2.45) is 0 Å². The molecule has 0 aliphatic carbocycles. The zero-order valence-electron chi connectivity index (χ0n) is 6.84. The van der Waals surface area contributed by atoms with Gasteiger partial charge in [-0.3, -0.25) is 9.05 Å². The van der Waals surface area contributed by atoms with Gasteiger partial charge < -0.3 is 9.25 Å². The van der Waals surface area contributed by atoms with E-state index in [1.54, 1.807) is 12.1 Å². The Morgan fingerprint density at radius 2 is 2.00 bits per heavy atom. The molecule has 0 bridgehead atoms. The summed E-state index contributed by atoms with van der Waals surface area (Å²) in [6.07, 6.45) is 1.46. The van der Waals surface area contributed by atoms with E-state index in [1.807, 2.05) is 0 Å². The van der Waals surface area contributed by atoms with Crippen LogP contribution in [0.4, 0.5) is 0 Å². The highest BCUT2D eigenvalue weighted by atomic mass is 17.0. The Hall–Kier alpha value is -2.18. The topological polar surface area (TPSA) is 87.7 Å². The molecule has 2 rings (SSSR count). The van der Waals surface area contributed by atoms with E-state index in [1.165, 1.54) is 6.26 Å². The molecule has 7 heteroatoms. The van der Waals surface area contributed by atoms with Gasteiger partial charge in [0.1, 0.15) is 10.8 Å². The first-order valence-electron chi connectivity index (χ1n) is 3.65. The van der Waals surface area contributed by atoms with Crippen LogP contribution >= 0.6 is 0 Å². The van der Waals surface area contributed by atoms with Gasteiger partial charge in [-0.2, -0.15) is 0 Å². The highest BCUT2D eigenvalue weighted by molar-refractivity contribution is 4.95. The van der Waals surface area contributed by atoms with E-state index in [-0.39, 0.29) is 6.61 Å². The van der Waals surface area contributed by atoms with Crippen LogP contribution in [-0.2, 0) is 6.61 Å². The molecule has 0 spiro atoms. The molecule has 0 N–H and O–H groups in total. The van der Waals surface area contributed by atoms with Gasteiger partial charge in [0.2, 0.25) is 0 Å². The third-order valence-electron chi connectivity index (χ3n) is 1.37. The van der Waals surface area contributed by atoms with E-state index in [0.29, 0.717) is 10.8 Å². The average Bonchev–Trinajstić information content (AvgIpc) is 2.74. The van der Waals surface area contributed by atoms with Crippen molar-refractivity contribution in [3.8, 4) is 0 Å². The summed E-state index contributed by atoms with van der Waals surface area (Å²) in [5, 5.41) is 0.340. The molecule has 0 atom stereocenters. The number of nitrogens with zero attached hydrogens (tertiary/aromatic N) is 1. The molecular weight excluding hydrogens is 194 g/mol. The fraction of sp³-hybridized carbons (Fsp3) is 0.143. The maximum absolute atomic E-state index is 10.5. The lowest BCUT2D eigenvalue weighted by atomic mass is 10.5. The highest BCUT2D eigenvalue weighted by Crippen LogP contribution is 1.99. The lowest BCUT2D eigenvalue weighted by Crippen LogP contribution is -2.14. The number of hydrogen-bond donors (Lipinski definition) is 0. The largest absolute Gasteiger partial charge is 0.466 e. The van der Waals surface area contributed by atoms with E-state index >= 15 is 0 Å². The molecule has 2 aromatic heterocycles. The molecule has 0 aliphatic rings. The summed E-state index contributed by atoms with van der Waals surface area (Å²) in [5.74, 6) is 0.504. The van der Waals surface area contributed by atoms with E-state index in [4.69, 9.17) is 9.25 Å². The molecule has 0 fully saturated rings. The lowest BCUT2D eigenvalue weighted by Gasteiger charge is -1.96. The molecule has 0 amide bonds. The first-order chi connectivity index (χ1) is 6.75. The zero-order chi connectivity index (χ0) is 9.97. The molecule has 0 radical (unpaired) electrons. The van der Waals surface area contributed by atoms with Crippen LogP contribution in [0.3, 0.4) is 0 Å². The van der Waals surface area contributed by atoms with Crippen LogP contribution in [0.5, 0.6) is 0 Å². The normalized spacial score (nSPS) is 10.3. The van der Waals surface area contributed by atoms with Gasteiger partial charge >= 0.3 is 11.3 Å². The SMILES string of the molecule is O=c1on(OCc2ccco2)oc1=O. The van der Waals surface area contributed by atoms with Gasteiger partial charge in [0.15, 0.2) is 6.61 Å². The number of rotatable bonds is 3. The smallest absolute Gasteiger partial charge is 0.449 e. The van der Waals surface area contributed by atoms with Crippen LogP contribution in [0, 0.1) is 0 Å². The van der Waals surface area contributed by atoms with Crippen molar-refractivity contribution in [1.29, 1.82) is 0 Å². The summed E-state index contributed by atoms with van der Waals surface area (Å²) in [7, 11) is 0. The molecule has 14 heavy (non-hydrogen) atoms. The molecule has 7 nitrogen and oxygen atoms in total. The van der Waals surface area contributed by atoms with Gasteiger partial charge in [0.25, 0.3) is 0 Å². The summed E-state index contributed by atoms with van der Waals surface area (Å²) in [6, 6.07) is 3.32. The van der Waals surface area contributed by atoms with E-state index in [0.717, 1.165) is 0 Å². The Bertz CT molecular complexity index is 473. The summed E-state index contributed by atoms with van der Waals surface area (Å²) in [5.41, 5.74) is -2.24. The second-order valence-electron chi connectivity index (χ2n) is 2.33. The molecule has 2 heterocycles. The van der Waals surface area contributed by atoms with Crippen molar-refractivity contribution in [2.45, 2.75) is 6.61 Å². The molecule has 0 saturated heterocycles. The summed E-state index contributed by atoms with van der Waals surface area (Å²) < 4.78 is 13.4. The van der Waals surface area contributed by atoms with E-state index < -0.39 is 11.3 Å². The van der Waals surface area contributed by atoms with Crippen LogP contribution in [-0.4, -0.2) is 5.08 Å². The van der Waals surface area contributed by atoms with Gasteiger partial charge in [-0.15, -0.1) is 0 Å². The first kappa shape index (κ1) is 8.42. The first-order valence-corrected chi connectivity index (χ1v) is 3.65. The van der Waals surface area contributed by atoms with E-state index in [2.05, 4.69) is 9.05 Å². The van der Waals surface area contributed by atoms with Crippen LogP contribution < -0.4 is 16.1 Å². The Balaban J connectivity index is 2.05. The van der Waals surface area contributed by atoms with Crippen molar-refractivity contribution < 1.29 is 18.3 Å². The van der Waals surface area contributed by atoms with Crippen LogP contribution in [0.15, 0.2) is 41.4 Å². The summed E-state index contributed by atoms with van der Waals surface area (Å²) in [4.78, 5) is 25.7. The second kappa shape index (κ2) is 3.29. The fourth-order valence-corrected chi connectivity index (χ4v) is 0.792. The number of hydrogen-bond acceptors (Lipinski definition) is 6. The van der Waals surface area contributed by atoms with Crippen LogP contribution in [0.1, 0.15) is 5.76 Å². The maximum atomic E-state index is 10.5. The minimum Gasteiger partial charge on any atom is -0.466 e. The monoisotopic (exact) mass is 199 g/mol. The Kier molecular flexibility index (Phi) is 1.98. The Labute approximate surface area is 76.0 Å².